The monoisotopic (exact) mass is 325 g/mol. The summed E-state index contributed by atoms with van der Waals surface area (Å²) in [6.45, 7) is 2.45. The Morgan fingerprint density at radius 2 is 2.08 bits per heavy atom. The zero-order valence-electron chi connectivity index (χ0n) is 14.3. The average Bonchev–Trinajstić information content (AvgIpc) is 2.67. The first-order valence-corrected chi connectivity index (χ1v) is 8.69. The van der Waals surface area contributed by atoms with Crippen LogP contribution in [0.1, 0.15) is 35.6 Å². The van der Waals surface area contributed by atoms with Crippen molar-refractivity contribution >= 4 is 0 Å². The first-order valence-electron chi connectivity index (χ1n) is 8.69. The molecule has 0 aromatic heterocycles. The van der Waals surface area contributed by atoms with Gasteiger partial charge in [0, 0.05) is 30.7 Å². The molecule has 0 saturated carbocycles. The van der Waals surface area contributed by atoms with Gasteiger partial charge in [0.2, 0.25) is 0 Å². The second-order valence-electron chi connectivity index (χ2n) is 6.32. The highest BCUT2D eigenvalue weighted by atomic mass is 16.5. The number of hydrogen-bond donors (Lipinski definition) is 3. The highest BCUT2D eigenvalue weighted by molar-refractivity contribution is 5.33. The number of nitrogens with one attached hydrogen (secondary N) is 2. The molecule has 3 rings (SSSR count). The smallest absolute Gasteiger partial charge is 0.123 e. The fourth-order valence-corrected chi connectivity index (χ4v) is 3.46. The van der Waals surface area contributed by atoms with E-state index in [1.807, 2.05) is 12.1 Å². The lowest BCUT2D eigenvalue weighted by Gasteiger charge is -2.34. The third-order valence-corrected chi connectivity index (χ3v) is 4.75. The molecule has 0 radical (unpaired) electrons. The van der Waals surface area contributed by atoms with E-state index in [1.165, 1.54) is 29.5 Å². The number of hydrogen-bond acceptors (Lipinski definition) is 4. The third kappa shape index (κ3) is 3.96. The van der Waals surface area contributed by atoms with E-state index in [1.54, 1.807) is 7.11 Å². The van der Waals surface area contributed by atoms with Crippen LogP contribution in [0.25, 0.3) is 0 Å². The minimum Gasteiger partial charge on any atom is -0.496 e. The van der Waals surface area contributed by atoms with Crippen molar-refractivity contribution in [1.82, 2.24) is 10.6 Å². The number of rotatable bonds is 6. The zero-order chi connectivity index (χ0) is 16.8. The summed E-state index contributed by atoms with van der Waals surface area (Å²) < 4.78 is 5.46. The van der Waals surface area contributed by atoms with Crippen molar-refractivity contribution in [2.45, 2.75) is 38.0 Å². The van der Waals surface area contributed by atoms with Gasteiger partial charge in [-0.05, 0) is 36.6 Å². The molecule has 1 heterocycles. The molecule has 1 fully saturated rings. The number of piperidine rings is 1. The van der Waals surface area contributed by atoms with Crippen LogP contribution in [0.5, 0.6) is 5.75 Å². The highest BCUT2D eigenvalue weighted by Gasteiger charge is 2.26. The predicted octanol–water partition coefficient (Wildman–Crippen LogP) is 2.74. The van der Waals surface area contributed by atoms with Gasteiger partial charge in [0.05, 0.1) is 7.11 Å². The lowest BCUT2D eigenvalue weighted by Crippen LogP contribution is -2.45. The minimum atomic E-state index is 0.319. The van der Waals surface area contributed by atoms with Crippen LogP contribution >= 0.6 is 0 Å². The van der Waals surface area contributed by atoms with Crippen LogP contribution in [0.15, 0.2) is 48.5 Å². The molecule has 1 saturated heterocycles. The fraction of sp³-hybridized carbons (Fsp3) is 0.400. The van der Waals surface area contributed by atoms with Gasteiger partial charge in [-0.1, -0.05) is 42.5 Å². The fourth-order valence-electron chi connectivity index (χ4n) is 3.46. The van der Waals surface area contributed by atoms with E-state index in [0.717, 1.165) is 18.8 Å². The van der Waals surface area contributed by atoms with E-state index in [-0.39, 0.29) is 0 Å². The summed E-state index contributed by atoms with van der Waals surface area (Å²) >= 11 is 0. The van der Waals surface area contributed by atoms with E-state index in [9.17, 15) is 0 Å². The molecule has 2 aromatic rings. The van der Waals surface area contributed by atoms with Gasteiger partial charge in [-0.2, -0.15) is 0 Å². The van der Waals surface area contributed by atoms with E-state index in [4.69, 9.17) is 10.5 Å². The van der Waals surface area contributed by atoms with Crippen molar-refractivity contribution in [3.63, 3.8) is 0 Å². The first-order chi connectivity index (χ1) is 11.8. The molecule has 24 heavy (non-hydrogen) atoms. The average molecular weight is 325 g/mol. The van der Waals surface area contributed by atoms with Crippen molar-refractivity contribution in [2.24, 2.45) is 5.73 Å². The Labute approximate surface area is 144 Å². The van der Waals surface area contributed by atoms with Crippen LogP contribution in [0.4, 0.5) is 0 Å². The minimum absolute atomic E-state index is 0.319. The van der Waals surface area contributed by atoms with Gasteiger partial charge in [-0.25, -0.2) is 0 Å². The van der Waals surface area contributed by atoms with Crippen molar-refractivity contribution in [2.75, 3.05) is 13.7 Å². The van der Waals surface area contributed by atoms with Crippen LogP contribution < -0.4 is 21.1 Å². The molecule has 2 aromatic carbocycles. The Bertz CT molecular complexity index is 659. The first kappa shape index (κ1) is 17.0. The number of para-hydroxylation sites is 1. The molecule has 0 amide bonds. The molecule has 0 aliphatic carbocycles. The molecule has 2 atom stereocenters. The Morgan fingerprint density at radius 1 is 1.21 bits per heavy atom. The topological polar surface area (TPSA) is 59.3 Å². The predicted molar refractivity (Wildman–Crippen MR) is 97.9 cm³/mol. The standard InChI is InChI=1S/C20H27N3O/c1-24-19-10-3-2-7-17(19)14-23-18-9-5-11-22-20(18)16-8-4-6-15(12-16)13-21/h2-4,6-8,10,12,18,20,22-23H,5,9,11,13-14,21H2,1H3/t18-,20-/m0/s1. The largest absolute Gasteiger partial charge is 0.496 e. The van der Waals surface area contributed by atoms with Crippen molar-refractivity contribution < 1.29 is 4.74 Å². The SMILES string of the molecule is COc1ccccc1CN[C@H]1CCCN[C@H]1c1cccc(CN)c1. The Hall–Kier alpha value is -1.88. The second kappa shape index (κ2) is 8.29. The van der Waals surface area contributed by atoms with Crippen molar-refractivity contribution in [1.29, 1.82) is 0 Å². The van der Waals surface area contributed by atoms with Crippen molar-refractivity contribution in [3.8, 4) is 5.75 Å². The molecule has 4 nitrogen and oxygen atoms in total. The Balaban J connectivity index is 1.72. The maximum Gasteiger partial charge on any atom is 0.123 e. The van der Waals surface area contributed by atoms with Gasteiger partial charge in [0.25, 0.3) is 0 Å². The van der Waals surface area contributed by atoms with E-state index in [0.29, 0.717) is 18.6 Å². The number of methoxy groups -OCH3 is 1. The summed E-state index contributed by atoms with van der Waals surface area (Å²) in [6.07, 6.45) is 2.36. The highest BCUT2D eigenvalue weighted by Crippen LogP contribution is 2.25. The molecule has 1 aliphatic heterocycles. The Kier molecular flexibility index (Phi) is 5.86. The molecule has 128 valence electrons. The number of ether oxygens (including phenoxy) is 1. The van der Waals surface area contributed by atoms with Crippen LogP contribution in [0.3, 0.4) is 0 Å². The summed E-state index contributed by atoms with van der Waals surface area (Å²) in [4.78, 5) is 0. The maximum atomic E-state index is 5.80. The lowest BCUT2D eigenvalue weighted by molar-refractivity contribution is 0.302. The van der Waals surface area contributed by atoms with Gasteiger partial charge in [0.1, 0.15) is 5.75 Å². The molecular weight excluding hydrogens is 298 g/mol. The Morgan fingerprint density at radius 3 is 2.92 bits per heavy atom. The molecule has 0 spiro atoms. The maximum absolute atomic E-state index is 5.80. The van der Waals surface area contributed by atoms with Crippen LogP contribution in [0.2, 0.25) is 0 Å². The van der Waals surface area contributed by atoms with Crippen LogP contribution in [0, 0.1) is 0 Å². The zero-order valence-corrected chi connectivity index (χ0v) is 14.3. The van der Waals surface area contributed by atoms with E-state index in [2.05, 4.69) is 47.0 Å². The van der Waals surface area contributed by atoms with Crippen LogP contribution in [-0.2, 0) is 13.1 Å². The molecule has 0 bridgehead atoms. The molecule has 0 unspecified atom stereocenters. The summed E-state index contributed by atoms with van der Waals surface area (Å²) in [7, 11) is 1.72. The normalized spacial score (nSPS) is 20.8. The van der Waals surface area contributed by atoms with Gasteiger partial charge in [-0.15, -0.1) is 0 Å². The summed E-state index contributed by atoms with van der Waals surface area (Å²) in [6, 6.07) is 17.5. The summed E-state index contributed by atoms with van der Waals surface area (Å²) in [5.41, 5.74) is 9.49. The van der Waals surface area contributed by atoms with Crippen LogP contribution in [-0.4, -0.2) is 19.7 Å². The number of nitrogens with two attached hydrogens (primary N) is 1. The molecule has 1 aliphatic rings. The molecule has 4 N–H and O–H groups in total. The van der Waals surface area contributed by atoms with Gasteiger partial charge >= 0.3 is 0 Å². The van der Waals surface area contributed by atoms with E-state index < -0.39 is 0 Å². The molecule has 4 heteroatoms. The number of benzene rings is 2. The van der Waals surface area contributed by atoms with Gasteiger partial charge in [0.15, 0.2) is 0 Å². The van der Waals surface area contributed by atoms with Crippen molar-refractivity contribution in [3.05, 3.63) is 65.2 Å². The summed E-state index contributed by atoms with van der Waals surface area (Å²) in [5, 5.41) is 7.39. The summed E-state index contributed by atoms with van der Waals surface area (Å²) in [5.74, 6) is 0.940. The van der Waals surface area contributed by atoms with E-state index >= 15 is 0 Å². The third-order valence-electron chi connectivity index (χ3n) is 4.75. The van der Waals surface area contributed by atoms with Gasteiger partial charge < -0.3 is 21.1 Å². The second-order valence-corrected chi connectivity index (χ2v) is 6.32. The van der Waals surface area contributed by atoms with Gasteiger partial charge in [-0.3, -0.25) is 0 Å². The quantitative estimate of drug-likeness (QED) is 0.764. The molecular formula is C20H27N3O. The lowest BCUT2D eigenvalue weighted by atomic mass is 9.91.